The molecule has 0 atom stereocenters. The minimum Gasteiger partial charge on any atom is -0.491 e. The first kappa shape index (κ1) is 16.4. The Morgan fingerprint density at radius 3 is 2.57 bits per heavy atom. The van der Waals surface area contributed by atoms with Crippen molar-refractivity contribution in [2.45, 2.75) is 13.5 Å². The van der Waals surface area contributed by atoms with Gasteiger partial charge in [0.2, 0.25) is 0 Å². The zero-order valence-corrected chi connectivity index (χ0v) is 12.5. The van der Waals surface area contributed by atoms with Crippen molar-refractivity contribution in [1.82, 2.24) is 10.3 Å². The average molecular weight is 317 g/mol. The van der Waals surface area contributed by atoms with Gasteiger partial charge < -0.3 is 15.4 Å². The Morgan fingerprint density at radius 2 is 1.91 bits per heavy atom. The molecule has 6 nitrogen and oxygen atoms in total. The molecule has 0 saturated heterocycles. The van der Waals surface area contributed by atoms with Crippen molar-refractivity contribution in [2.75, 3.05) is 11.9 Å². The van der Waals surface area contributed by atoms with E-state index in [1.165, 1.54) is 12.1 Å². The van der Waals surface area contributed by atoms with Crippen molar-refractivity contribution in [3.05, 3.63) is 54.1 Å². The normalized spacial score (nSPS) is 10.0. The minimum absolute atomic E-state index is 0.0904. The van der Waals surface area contributed by atoms with Crippen LogP contribution in [0.2, 0.25) is 0 Å². The Hall–Kier alpha value is -2.96. The van der Waals surface area contributed by atoms with Crippen LogP contribution in [0.4, 0.5) is 10.1 Å². The van der Waals surface area contributed by atoms with Gasteiger partial charge in [0.25, 0.3) is 0 Å². The molecule has 0 fully saturated rings. The van der Waals surface area contributed by atoms with Crippen LogP contribution in [0, 0.1) is 5.82 Å². The summed E-state index contributed by atoms with van der Waals surface area (Å²) in [5.41, 5.74) is 0.989. The summed E-state index contributed by atoms with van der Waals surface area (Å²) in [7, 11) is 0. The Bertz CT molecular complexity index is 692. The number of aromatic nitrogens is 1. The molecule has 120 valence electrons. The molecule has 1 heterocycles. The van der Waals surface area contributed by atoms with Gasteiger partial charge in [0.15, 0.2) is 11.6 Å². The number of hydrogen-bond acceptors (Lipinski definition) is 4. The van der Waals surface area contributed by atoms with Crippen molar-refractivity contribution in [1.29, 1.82) is 0 Å². The second-order valence-corrected chi connectivity index (χ2v) is 4.57. The first-order valence-corrected chi connectivity index (χ1v) is 7.00. The number of amides is 2. The fraction of sp³-hybridized carbons (Fsp3) is 0.188. The van der Waals surface area contributed by atoms with E-state index >= 15 is 0 Å². The van der Waals surface area contributed by atoms with E-state index in [4.69, 9.17) is 4.74 Å². The summed E-state index contributed by atoms with van der Waals surface area (Å²) >= 11 is 0. The highest BCUT2D eigenvalue weighted by atomic mass is 19.1. The highest BCUT2D eigenvalue weighted by Crippen LogP contribution is 2.21. The maximum Gasteiger partial charge on any atom is 0.313 e. The smallest absolute Gasteiger partial charge is 0.313 e. The van der Waals surface area contributed by atoms with Crippen LogP contribution in [0.5, 0.6) is 5.75 Å². The highest BCUT2D eigenvalue weighted by Gasteiger charge is 2.14. The quantitative estimate of drug-likeness (QED) is 0.825. The maximum atomic E-state index is 13.7. The fourth-order valence-corrected chi connectivity index (χ4v) is 1.80. The Labute approximate surface area is 132 Å². The molecular formula is C16H16FN3O3. The second-order valence-electron chi connectivity index (χ2n) is 4.57. The molecule has 2 N–H and O–H groups in total. The topological polar surface area (TPSA) is 80.3 Å². The van der Waals surface area contributed by atoms with E-state index in [0.29, 0.717) is 6.61 Å². The van der Waals surface area contributed by atoms with Crippen LogP contribution in [-0.4, -0.2) is 23.4 Å². The van der Waals surface area contributed by atoms with Crippen molar-refractivity contribution >= 4 is 17.5 Å². The summed E-state index contributed by atoms with van der Waals surface area (Å²) in [6.45, 7) is 2.27. The number of pyridine rings is 1. The van der Waals surface area contributed by atoms with E-state index in [-0.39, 0.29) is 18.0 Å². The number of anilines is 1. The summed E-state index contributed by atoms with van der Waals surface area (Å²) in [5.74, 6) is -2.20. The second kappa shape index (κ2) is 7.88. The molecule has 0 aliphatic rings. The van der Waals surface area contributed by atoms with Crippen LogP contribution in [0.25, 0.3) is 0 Å². The van der Waals surface area contributed by atoms with E-state index in [2.05, 4.69) is 15.6 Å². The molecule has 2 rings (SSSR count). The van der Waals surface area contributed by atoms with Crippen LogP contribution in [0.15, 0.2) is 42.7 Å². The molecule has 0 radical (unpaired) electrons. The highest BCUT2D eigenvalue weighted by molar-refractivity contribution is 6.39. The molecule has 0 bridgehead atoms. The molecule has 7 heteroatoms. The molecule has 1 aromatic heterocycles. The van der Waals surface area contributed by atoms with Crippen LogP contribution in [0.3, 0.4) is 0 Å². The molecule has 0 unspecified atom stereocenters. The number of rotatable bonds is 5. The number of hydrogen-bond donors (Lipinski definition) is 2. The third-order valence-electron chi connectivity index (χ3n) is 2.90. The van der Waals surface area contributed by atoms with Gasteiger partial charge in [-0.1, -0.05) is 0 Å². The molecule has 2 aromatic rings. The van der Waals surface area contributed by atoms with E-state index in [1.807, 2.05) is 0 Å². The number of carbonyl (C=O) groups is 2. The Balaban J connectivity index is 1.90. The molecule has 2 amide bonds. The first-order valence-electron chi connectivity index (χ1n) is 7.00. The van der Waals surface area contributed by atoms with E-state index in [1.54, 1.807) is 31.5 Å². The number of ether oxygens (including phenoxy) is 1. The molecule has 0 spiro atoms. The number of halogens is 1. The predicted molar refractivity (Wildman–Crippen MR) is 82.3 cm³/mol. The summed E-state index contributed by atoms with van der Waals surface area (Å²) in [4.78, 5) is 27.3. The zero-order chi connectivity index (χ0) is 16.7. The van der Waals surface area contributed by atoms with Crippen molar-refractivity contribution in [3.8, 4) is 5.75 Å². The number of nitrogens with one attached hydrogen (secondary N) is 2. The lowest BCUT2D eigenvalue weighted by Crippen LogP contribution is -2.34. The zero-order valence-electron chi connectivity index (χ0n) is 12.5. The van der Waals surface area contributed by atoms with Gasteiger partial charge in [0, 0.05) is 30.7 Å². The average Bonchev–Trinajstić information content (AvgIpc) is 2.56. The largest absolute Gasteiger partial charge is 0.491 e. The van der Waals surface area contributed by atoms with Crippen molar-refractivity contribution in [3.63, 3.8) is 0 Å². The van der Waals surface area contributed by atoms with Crippen molar-refractivity contribution < 1.29 is 18.7 Å². The number of benzene rings is 1. The van der Waals surface area contributed by atoms with Crippen LogP contribution in [-0.2, 0) is 16.1 Å². The molecule has 23 heavy (non-hydrogen) atoms. The third-order valence-corrected chi connectivity index (χ3v) is 2.90. The van der Waals surface area contributed by atoms with Gasteiger partial charge in [-0.2, -0.15) is 0 Å². The summed E-state index contributed by atoms with van der Waals surface area (Å²) in [5, 5.41) is 4.80. The van der Waals surface area contributed by atoms with E-state index in [0.717, 1.165) is 11.6 Å². The first-order chi connectivity index (χ1) is 11.1. The van der Waals surface area contributed by atoms with Crippen molar-refractivity contribution in [2.24, 2.45) is 0 Å². The monoisotopic (exact) mass is 317 g/mol. The molecular weight excluding hydrogens is 301 g/mol. The summed E-state index contributed by atoms with van der Waals surface area (Å²) < 4.78 is 18.7. The SMILES string of the molecule is CCOc1ccc(NC(=O)C(=O)NCc2ccncc2)cc1F. The summed E-state index contributed by atoms with van der Waals surface area (Å²) in [6, 6.07) is 7.39. The van der Waals surface area contributed by atoms with Crippen LogP contribution < -0.4 is 15.4 Å². The van der Waals surface area contributed by atoms with Gasteiger partial charge in [-0.05, 0) is 36.8 Å². The third kappa shape index (κ3) is 4.77. The fourth-order valence-electron chi connectivity index (χ4n) is 1.80. The van der Waals surface area contributed by atoms with Gasteiger partial charge in [-0.15, -0.1) is 0 Å². The Morgan fingerprint density at radius 1 is 1.17 bits per heavy atom. The van der Waals surface area contributed by atoms with Gasteiger partial charge >= 0.3 is 11.8 Å². The number of nitrogens with zero attached hydrogens (tertiary/aromatic N) is 1. The molecule has 0 aliphatic heterocycles. The molecule has 0 saturated carbocycles. The minimum atomic E-state index is -0.873. The lowest BCUT2D eigenvalue weighted by atomic mass is 10.2. The van der Waals surface area contributed by atoms with Crippen LogP contribution in [0.1, 0.15) is 12.5 Å². The molecule has 0 aliphatic carbocycles. The van der Waals surface area contributed by atoms with Gasteiger partial charge in [-0.25, -0.2) is 4.39 Å². The van der Waals surface area contributed by atoms with Gasteiger partial charge in [-0.3, -0.25) is 14.6 Å². The lowest BCUT2D eigenvalue weighted by molar-refractivity contribution is -0.136. The number of carbonyl (C=O) groups excluding carboxylic acids is 2. The lowest BCUT2D eigenvalue weighted by Gasteiger charge is -2.09. The summed E-state index contributed by atoms with van der Waals surface area (Å²) in [6.07, 6.45) is 3.18. The van der Waals surface area contributed by atoms with Gasteiger partial charge in [0.05, 0.1) is 6.61 Å². The maximum absolute atomic E-state index is 13.7. The Kier molecular flexibility index (Phi) is 5.62. The van der Waals surface area contributed by atoms with E-state index < -0.39 is 17.6 Å². The standard InChI is InChI=1S/C16H16FN3O3/c1-2-23-14-4-3-12(9-13(14)17)20-16(22)15(21)19-10-11-5-7-18-8-6-11/h3-9H,2,10H2,1H3,(H,19,21)(H,20,22). The van der Waals surface area contributed by atoms with Crippen LogP contribution >= 0.6 is 0 Å². The predicted octanol–water partition coefficient (Wildman–Crippen LogP) is 1.87. The molecule has 1 aromatic carbocycles. The van der Waals surface area contributed by atoms with E-state index in [9.17, 15) is 14.0 Å². The van der Waals surface area contributed by atoms with Gasteiger partial charge in [0.1, 0.15) is 0 Å².